The van der Waals surface area contributed by atoms with Crippen molar-refractivity contribution in [3.8, 4) is 0 Å². The summed E-state index contributed by atoms with van der Waals surface area (Å²) in [6.07, 6.45) is -2.13. The largest absolute Gasteiger partial charge is 0.391 e. The molecule has 0 radical (unpaired) electrons. The van der Waals surface area contributed by atoms with Gasteiger partial charge in [0.2, 0.25) is 5.91 Å². The molecule has 0 spiro atoms. The molecule has 20 heavy (non-hydrogen) atoms. The Kier molecular flexibility index (Phi) is 4.94. The summed E-state index contributed by atoms with van der Waals surface area (Å²) in [7, 11) is 0. The fraction of sp³-hybridized carbons (Fsp3) is 0.929. The Morgan fingerprint density at radius 1 is 1.25 bits per heavy atom. The highest BCUT2D eigenvalue weighted by Crippen LogP contribution is 2.40. The summed E-state index contributed by atoms with van der Waals surface area (Å²) in [5, 5.41) is 6.21. The molecule has 0 aromatic carbocycles. The number of nitrogens with one attached hydrogen (secondary N) is 2. The third-order valence-electron chi connectivity index (χ3n) is 4.62. The second kappa shape index (κ2) is 6.33. The molecule has 0 aromatic heterocycles. The van der Waals surface area contributed by atoms with E-state index < -0.39 is 18.0 Å². The standard InChI is InChI=1S/C14H23F3N2O/c1-9-8-18-6-5-12(9)19-13(20)10-3-2-4-11(7-10)14(15,16)17/h9-12,18H,2-8H2,1H3,(H,19,20). The van der Waals surface area contributed by atoms with Gasteiger partial charge in [-0.3, -0.25) is 4.79 Å². The molecular weight excluding hydrogens is 269 g/mol. The second-order valence-electron chi connectivity index (χ2n) is 6.19. The monoisotopic (exact) mass is 292 g/mol. The van der Waals surface area contributed by atoms with Crippen LogP contribution in [0.5, 0.6) is 0 Å². The lowest BCUT2D eigenvalue weighted by Gasteiger charge is -2.34. The van der Waals surface area contributed by atoms with Crippen LogP contribution in [0.2, 0.25) is 0 Å². The molecule has 2 N–H and O–H groups in total. The summed E-state index contributed by atoms with van der Waals surface area (Å²) in [6, 6.07) is 0.0926. The molecule has 0 bridgehead atoms. The number of alkyl halides is 3. The van der Waals surface area contributed by atoms with Crippen LogP contribution in [0.4, 0.5) is 13.2 Å². The number of hydrogen-bond donors (Lipinski definition) is 2. The van der Waals surface area contributed by atoms with Crippen molar-refractivity contribution in [1.82, 2.24) is 10.6 Å². The van der Waals surface area contributed by atoms with Crippen LogP contribution in [0, 0.1) is 17.8 Å². The van der Waals surface area contributed by atoms with Gasteiger partial charge >= 0.3 is 6.18 Å². The van der Waals surface area contributed by atoms with E-state index in [0.717, 1.165) is 19.5 Å². The summed E-state index contributed by atoms with van der Waals surface area (Å²) in [4.78, 5) is 12.2. The van der Waals surface area contributed by atoms with Crippen molar-refractivity contribution in [2.45, 2.75) is 51.2 Å². The maximum absolute atomic E-state index is 12.8. The quantitative estimate of drug-likeness (QED) is 0.821. The van der Waals surface area contributed by atoms with E-state index in [4.69, 9.17) is 0 Å². The lowest BCUT2D eigenvalue weighted by Crippen LogP contribution is -2.50. The Balaban J connectivity index is 1.88. The summed E-state index contributed by atoms with van der Waals surface area (Å²) in [6.45, 7) is 3.75. The zero-order valence-electron chi connectivity index (χ0n) is 11.8. The average Bonchev–Trinajstić information content (AvgIpc) is 2.40. The number of piperidine rings is 1. The van der Waals surface area contributed by atoms with E-state index in [1.54, 1.807) is 0 Å². The third-order valence-corrected chi connectivity index (χ3v) is 4.62. The maximum Gasteiger partial charge on any atom is 0.391 e. The first kappa shape index (κ1) is 15.6. The van der Waals surface area contributed by atoms with Crippen LogP contribution in [-0.4, -0.2) is 31.2 Å². The van der Waals surface area contributed by atoms with E-state index in [1.165, 1.54) is 0 Å². The number of halogens is 3. The summed E-state index contributed by atoms with van der Waals surface area (Å²) in [5.41, 5.74) is 0. The van der Waals surface area contributed by atoms with Crippen molar-refractivity contribution >= 4 is 5.91 Å². The molecule has 2 fully saturated rings. The molecule has 1 saturated carbocycles. The van der Waals surface area contributed by atoms with Crippen molar-refractivity contribution < 1.29 is 18.0 Å². The normalized spacial score (nSPS) is 35.6. The number of hydrogen-bond acceptors (Lipinski definition) is 2. The third kappa shape index (κ3) is 3.87. The molecule has 4 unspecified atom stereocenters. The molecule has 4 atom stereocenters. The van der Waals surface area contributed by atoms with E-state index in [-0.39, 0.29) is 24.8 Å². The van der Waals surface area contributed by atoms with E-state index in [2.05, 4.69) is 17.6 Å². The fourth-order valence-corrected chi connectivity index (χ4v) is 3.25. The average molecular weight is 292 g/mol. The Morgan fingerprint density at radius 3 is 2.65 bits per heavy atom. The fourth-order valence-electron chi connectivity index (χ4n) is 3.25. The van der Waals surface area contributed by atoms with Gasteiger partial charge in [0.15, 0.2) is 0 Å². The highest BCUT2D eigenvalue weighted by Gasteiger charge is 2.43. The minimum atomic E-state index is -4.17. The summed E-state index contributed by atoms with van der Waals surface area (Å²) in [5.74, 6) is -1.64. The van der Waals surface area contributed by atoms with Crippen LogP contribution in [-0.2, 0) is 4.79 Å². The van der Waals surface area contributed by atoms with Crippen LogP contribution in [0.15, 0.2) is 0 Å². The molecule has 1 heterocycles. The van der Waals surface area contributed by atoms with E-state index in [1.807, 2.05) is 0 Å². The first-order chi connectivity index (χ1) is 9.38. The Labute approximate surface area is 117 Å². The molecular formula is C14H23F3N2O. The van der Waals surface area contributed by atoms with Gasteiger partial charge < -0.3 is 10.6 Å². The van der Waals surface area contributed by atoms with Gasteiger partial charge in [0.25, 0.3) is 0 Å². The van der Waals surface area contributed by atoms with Crippen LogP contribution in [0.1, 0.15) is 39.0 Å². The molecule has 1 saturated heterocycles. The number of amides is 1. The van der Waals surface area contributed by atoms with Crippen molar-refractivity contribution in [1.29, 1.82) is 0 Å². The number of rotatable bonds is 2. The van der Waals surface area contributed by atoms with Gasteiger partial charge in [0.05, 0.1) is 5.92 Å². The van der Waals surface area contributed by atoms with Gasteiger partial charge in [-0.2, -0.15) is 13.2 Å². The van der Waals surface area contributed by atoms with Gasteiger partial charge in [-0.1, -0.05) is 13.3 Å². The van der Waals surface area contributed by atoms with Gasteiger partial charge in [-0.15, -0.1) is 0 Å². The minimum absolute atomic E-state index is 0.0469. The topological polar surface area (TPSA) is 41.1 Å². The van der Waals surface area contributed by atoms with Crippen molar-refractivity contribution in [2.75, 3.05) is 13.1 Å². The molecule has 2 aliphatic rings. The Morgan fingerprint density at radius 2 is 2.00 bits per heavy atom. The van der Waals surface area contributed by atoms with Gasteiger partial charge in [-0.25, -0.2) is 0 Å². The molecule has 3 nitrogen and oxygen atoms in total. The predicted molar refractivity (Wildman–Crippen MR) is 70.1 cm³/mol. The van der Waals surface area contributed by atoms with E-state index in [9.17, 15) is 18.0 Å². The highest BCUT2D eigenvalue weighted by atomic mass is 19.4. The first-order valence-electron chi connectivity index (χ1n) is 7.45. The van der Waals surface area contributed by atoms with Crippen LogP contribution in [0.3, 0.4) is 0 Å². The maximum atomic E-state index is 12.8. The molecule has 1 amide bonds. The van der Waals surface area contributed by atoms with Crippen molar-refractivity contribution in [2.24, 2.45) is 17.8 Å². The molecule has 0 aromatic rings. The van der Waals surface area contributed by atoms with Crippen molar-refractivity contribution in [3.05, 3.63) is 0 Å². The van der Waals surface area contributed by atoms with Crippen molar-refractivity contribution in [3.63, 3.8) is 0 Å². The lowest BCUT2D eigenvalue weighted by molar-refractivity contribution is -0.186. The molecule has 116 valence electrons. The summed E-state index contributed by atoms with van der Waals surface area (Å²) < 4.78 is 38.3. The van der Waals surface area contributed by atoms with E-state index in [0.29, 0.717) is 18.8 Å². The van der Waals surface area contributed by atoms with Crippen LogP contribution < -0.4 is 10.6 Å². The van der Waals surface area contributed by atoms with Gasteiger partial charge in [0, 0.05) is 12.0 Å². The van der Waals surface area contributed by atoms with Crippen LogP contribution >= 0.6 is 0 Å². The number of carbonyl (C=O) groups is 1. The van der Waals surface area contributed by atoms with Crippen LogP contribution in [0.25, 0.3) is 0 Å². The summed E-state index contributed by atoms with van der Waals surface area (Å²) >= 11 is 0. The zero-order valence-corrected chi connectivity index (χ0v) is 11.8. The molecule has 1 aliphatic carbocycles. The Hall–Kier alpha value is -0.780. The molecule has 1 aliphatic heterocycles. The predicted octanol–water partition coefficient (Wildman–Crippen LogP) is 2.47. The lowest BCUT2D eigenvalue weighted by atomic mass is 9.80. The van der Waals surface area contributed by atoms with Gasteiger partial charge in [0.1, 0.15) is 0 Å². The second-order valence-corrected chi connectivity index (χ2v) is 6.19. The first-order valence-corrected chi connectivity index (χ1v) is 7.45. The van der Waals surface area contributed by atoms with Gasteiger partial charge in [-0.05, 0) is 44.7 Å². The number of carbonyl (C=O) groups excluding carboxylic acids is 1. The highest BCUT2D eigenvalue weighted by molar-refractivity contribution is 5.79. The van der Waals surface area contributed by atoms with E-state index >= 15 is 0 Å². The molecule has 2 rings (SSSR count). The molecule has 6 heteroatoms. The zero-order chi connectivity index (χ0) is 14.8. The SMILES string of the molecule is CC1CNCCC1NC(=O)C1CCCC(C(F)(F)F)C1. The minimum Gasteiger partial charge on any atom is -0.353 e. The Bertz CT molecular complexity index is 346. The smallest absolute Gasteiger partial charge is 0.353 e.